The third-order valence-corrected chi connectivity index (χ3v) is 8.87. The Morgan fingerprint density at radius 2 is 1.88 bits per heavy atom. The Hall–Kier alpha value is -3.62. The van der Waals surface area contributed by atoms with E-state index in [1.807, 2.05) is 4.72 Å². The van der Waals surface area contributed by atoms with Crippen LogP contribution in [0.4, 0.5) is 18.0 Å². The Kier molecular flexibility index (Phi) is 8.66. The molecule has 1 aliphatic carbocycles. The SMILES string of the molecule is NC(=O)OC1CCCCC/C=C/C2CC2(C(=O)NS(=O)(=O)c2cccc(C(F)(F)F)c2)NC(=O)C2CCCN2C1=O. The summed E-state index contributed by atoms with van der Waals surface area (Å²) in [5.74, 6) is -2.98. The number of carbonyl (C=O) groups excluding carboxylic acids is 4. The first kappa shape index (κ1) is 30.3. The van der Waals surface area contributed by atoms with Gasteiger partial charge in [0.15, 0.2) is 6.10 Å². The lowest BCUT2D eigenvalue weighted by Crippen LogP contribution is -2.57. The van der Waals surface area contributed by atoms with Gasteiger partial charge in [-0.3, -0.25) is 14.4 Å². The normalized spacial score (nSPS) is 28.3. The minimum Gasteiger partial charge on any atom is -0.436 e. The second kappa shape index (κ2) is 11.7. The highest BCUT2D eigenvalue weighted by atomic mass is 32.2. The van der Waals surface area contributed by atoms with Gasteiger partial charge >= 0.3 is 12.3 Å². The number of nitrogens with two attached hydrogens (primary N) is 1. The van der Waals surface area contributed by atoms with E-state index < -0.39 is 74.1 Å². The van der Waals surface area contributed by atoms with E-state index in [0.717, 1.165) is 12.1 Å². The number of carbonyl (C=O) groups is 4. The third kappa shape index (κ3) is 6.82. The molecule has 15 heteroatoms. The second-order valence-corrected chi connectivity index (χ2v) is 12.1. The van der Waals surface area contributed by atoms with Gasteiger partial charge in [-0.2, -0.15) is 13.2 Å². The molecule has 4 unspecified atom stereocenters. The molecular formula is C26H31F3N4O7S. The highest BCUT2D eigenvalue weighted by Gasteiger charge is 2.61. The predicted octanol–water partition coefficient (Wildman–Crippen LogP) is 2.36. The fraction of sp³-hybridized carbons (Fsp3) is 0.538. The summed E-state index contributed by atoms with van der Waals surface area (Å²) >= 11 is 0. The van der Waals surface area contributed by atoms with Crippen molar-refractivity contribution in [3.05, 3.63) is 42.0 Å². The van der Waals surface area contributed by atoms with E-state index in [-0.39, 0.29) is 25.8 Å². The number of allylic oxidation sites excluding steroid dienone is 1. The molecule has 0 spiro atoms. The molecule has 1 aromatic rings. The van der Waals surface area contributed by atoms with Gasteiger partial charge in [-0.25, -0.2) is 17.9 Å². The maximum atomic E-state index is 13.4. The molecule has 224 valence electrons. The van der Waals surface area contributed by atoms with Gasteiger partial charge in [-0.05, 0) is 63.1 Å². The number of primary amides is 1. The molecule has 4 atom stereocenters. The van der Waals surface area contributed by atoms with Crippen molar-refractivity contribution in [1.82, 2.24) is 14.9 Å². The van der Waals surface area contributed by atoms with Gasteiger partial charge in [-0.1, -0.05) is 24.6 Å². The highest BCUT2D eigenvalue weighted by molar-refractivity contribution is 7.90. The van der Waals surface area contributed by atoms with Gasteiger partial charge in [0.1, 0.15) is 11.6 Å². The van der Waals surface area contributed by atoms with Crippen LogP contribution in [-0.2, 0) is 35.3 Å². The van der Waals surface area contributed by atoms with E-state index in [2.05, 4.69) is 5.32 Å². The summed E-state index contributed by atoms with van der Waals surface area (Å²) in [6, 6.07) is 1.94. The number of hydrogen-bond donors (Lipinski definition) is 3. The number of sulfonamides is 1. The number of halogens is 3. The Morgan fingerprint density at radius 3 is 2.59 bits per heavy atom. The van der Waals surface area contributed by atoms with Crippen LogP contribution >= 0.6 is 0 Å². The van der Waals surface area contributed by atoms with Crippen LogP contribution in [0.15, 0.2) is 41.3 Å². The van der Waals surface area contributed by atoms with Gasteiger partial charge in [0.05, 0.1) is 10.5 Å². The maximum absolute atomic E-state index is 13.4. The standard InChI is InChI=1S/C26H31F3N4O7S/c27-26(28,29)16-9-6-10-18(14-16)41(38,39)32-23(36)25-15-17(25)8-4-2-1-3-5-12-20(40-24(30)37)22(35)33-13-7-11-19(33)21(34)31-25/h4,6,8-10,14,17,19-20H,1-3,5,7,11-13,15H2,(H2,30,37)(H,31,34)(H,32,36)/b8-4+. The van der Waals surface area contributed by atoms with E-state index in [1.165, 1.54) is 4.90 Å². The Bertz CT molecular complexity index is 1350. The maximum Gasteiger partial charge on any atom is 0.416 e. The summed E-state index contributed by atoms with van der Waals surface area (Å²) < 4.78 is 72.1. The molecule has 41 heavy (non-hydrogen) atoms. The van der Waals surface area contributed by atoms with Gasteiger partial charge in [0.2, 0.25) is 5.91 Å². The van der Waals surface area contributed by atoms with Crippen molar-refractivity contribution >= 4 is 33.8 Å². The quantitative estimate of drug-likeness (QED) is 0.447. The lowest BCUT2D eigenvalue weighted by Gasteiger charge is -2.29. The molecule has 0 aromatic heterocycles. The molecule has 1 aromatic carbocycles. The number of hydrogen-bond acceptors (Lipinski definition) is 7. The molecule has 1 saturated heterocycles. The molecule has 0 radical (unpaired) electrons. The number of fused-ring (bicyclic) bond motifs is 2. The van der Waals surface area contributed by atoms with Crippen LogP contribution in [-0.4, -0.2) is 61.4 Å². The number of nitrogens with zero attached hydrogens (tertiary/aromatic N) is 1. The lowest BCUT2D eigenvalue weighted by molar-refractivity contribution is -0.146. The van der Waals surface area contributed by atoms with E-state index in [9.17, 15) is 40.8 Å². The average Bonchev–Trinajstić information content (AvgIpc) is 3.36. The van der Waals surface area contributed by atoms with Gasteiger partial charge in [-0.15, -0.1) is 0 Å². The smallest absolute Gasteiger partial charge is 0.416 e. The van der Waals surface area contributed by atoms with E-state index in [0.29, 0.717) is 44.2 Å². The van der Waals surface area contributed by atoms with Crippen molar-refractivity contribution < 1.29 is 45.5 Å². The van der Waals surface area contributed by atoms with Gasteiger partial charge in [0.25, 0.3) is 21.8 Å². The Balaban J connectivity index is 1.59. The van der Waals surface area contributed by atoms with Crippen LogP contribution in [0.1, 0.15) is 56.9 Å². The number of nitrogens with one attached hydrogen (secondary N) is 2. The monoisotopic (exact) mass is 600 g/mol. The topological polar surface area (TPSA) is 165 Å². The van der Waals surface area contributed by atoms with Crippen molar-refractivity contribution in [3.63, 3.8) is 0 Å². The molecule has 3 aliphatic rings. The van der Waals surface area contributed by atoms with Crippen LogP contribution in [0.5, 0.6) is 0 Å². The largest absolute Gasteiger partial charge is 0.436 e. The molecular weight excluding hydrogens is 569 g/mol. The predicted molar refractivity (Wildman–Crippen MR) is 137 cm³/mol. The first-order valence-electron chi connectivity index (χ1n) is 13.2. The first-order valence-corrected chi connectivity index (χ1v) is 14.7. The van der Waals surface area contributed by atoms with Crippen LogP contribution in [0.3, 0.4) is 0 Å². The van der Waals surface area contributed by atoms with Crippen molar-refractivity contribution in [3.8, 4) is 0 Å². The minimum atomic E-state index is -4.80. The Labute approximate surface area is 234 Å². The molecule has 0 bridgehead atoms. The summed E-state index contributed by atoms with van der Waals surface area (Å²) in [5, 5.41) is 2.62. The number of ether oxygens (including phenoxy) is 1. The van der Waals surface area contributed by atoms with Gasteiger partial charge in [0, 0.05) is 12.5 Å². The zero-order valence-corrected chi connectivity index (χ0v) is 22.8. The fourth-order valence-electron chi connectivity index (χ4n) is 5.29. The lowest BCUT2D eigenvalue weighted by atomic mass is 10.1. The molecule has 2 aliphatic heterocycles. The van der Waals surface area contributed by atoms with E-state index >= 15 is 0 Å². The number of amides is 4. The fourth-order valence-corrected chi connectivity index (χ4v) is 6.37. The minimum absolute atomic E-state index is 0.0489. The second-order valence-electron chi connectivity index (χ2n) is 10.4. The van der Waals surface area contributed by atoms with Crippen molar-refractivity contribution in [2.45, 2.75) is 80.1 Å². The van der Waals surface area contributed by atoms with Crippen LogP contribution in [0, 0.1) is 5.92 Å². The summed E-state index contributed by atoms with van der Waals surface area (Å²) in [4.78, 5) is 52.0. The number of rotatable bonds is 4. The summed E-state index contributed by atoms with van der Waals surface area (Å²) in [7, 11) is -4.73. The van der Waals surface area contributed by atoms with Crippen molar-refractivity contribution in [1.29, 1.82) is 0 Å². The van der Waals surface area contributed by atoms with Crippen LogP contribution in [0.25, 0.3) is 0 Å². The Morgan fingerprint density at radius 1 is 1.12 bits per heavy atom. The molecule has 2 heterocycles. The molecule has 11 nitrogen and oxygen atoms in total. The first-order chi connectivity index (χ1) is 19.2. The molecule has 4 amide bonds. The zero-order chi connectivity index (χ0) is 30.0. The third-order valence-electron chi connectivity index (χ3n) is 7.54. The van der Waals surface area contributed by atoms with Crippen LogP contribution < -0.4 is 15.8 Å². The van der Waals surface area contributed by atoms with Crippen molar-refractivity contribution in [2.24, 2.45) is 11.7 Å². The summed E-state index contributed by atoms with van der Waals surface area (Å²) in [6.07, 6.45) is -0.0552. The zero-order valence-electron chi connectivity index (χ0n) is 22.0. The highest BCUT2D eigenvalue weighted by Crippen LogP contribution is 2.46. The molecule has 4 N–H and O–H groups in total. The summed E-state index contributed by atoms with van der Waals surface area (Å²) in [6.45, 7) is 0.196. The van der Waals surface area contributed by atoms with Crippen LogP contribution in [0.2, 0.25) is 0 Å². The molecule has 1 saturated carbocycles. The number of alkyl halides is 3. The van der Waals surface area contributed by atoms with E-state index in [4.69, 9.17) is 10.5 Å². The molecule has 2 fully saturated rings. The number of benzene rings is 1. The van der Waals surface area contributed by atoms with E-state index in [1.54, 1.807) is 12.2 Å². The summed E-state index contributed by atoms with van der Waals surface area (Å²) in [5.41, 5.74) is 2.26. The molecule has 4 rings (SSSR count). The average molecular weight is 601 g/mol. The van der Waals surface area contributed by atoms with Crippen molar-refractivity contribution in [2.75, 3.05) is 6.54 Å². The van der Waals surface area contributed by atoms with Gasteiger partial charge < -0.3 is 20.7 Å².